The molecule has 1 aliphatic heterocycles. The van der Waals surface area contributed by atoms with Crippen LogP contribution in [-0.4, -0.2) is 62.1 Å². The van der Waals surface area contributed by atoms with E-state index in [4.69, 9.17) is 4.74 Å². The lowest BCUT2D eigenvalue weighted by molar-refractivity contribution is -0.145. The summed E-state index contributed by atoms with van der Waals surface area (Å²) in [7, 11) is -2.27. The van der Waals surface area contributed by atoms with Crippen LogP contribution >= 0.6 is 0 Å². The third kappa shape index (κ3) is 4.85. The molecule has 2 atom stereocenters. The van der Waals surface area contributed by atoms with Crippen molar-refractivity contribution in [2.24, 2.45) is 5.92 Å². The van der Waals surface area contributed by atoms with Crippen LogP contribution in [0.4, 0.5) is 0 Å². The van der Waals surface area contributed by atoms with E-state index in [1.807, 2.05) is 6.92 Å². The van der Waals surface area contributed by atoms with E-state index < -0.39 is 27.4 Å². The van der Waals surface area contributed by atoms with Crippen LogP contribution in [0.25, 0.3) is 0 Å². The van der Waals surface area contributed by atoms with E-state index in [0.717, 1.165) is 12.8 Å². The topological polar surface area (TPSA) is 113 Å². The number of amides is 1. The predicted octanol–water partition coefficient (Wildman–Crippen LogP) is 1.33. The standard InChI is InChI=1S/C18H26N2O6S/c1-13-5-4-10-20(11-13)27(24,25)15-8-6-14(7-9-15)16(21)19-18(2,12-26-3)17(22)23/h6-9,13H,4-5,10-12H2,1-3H3,(H,19,21)(H,22,23). The number of methoxy groups -OCH3 is 1. The van der Waals surface area contributed by atoms with Crippen LogP contribution in [0.15, 0.2) is 29.2 Å². The Labute approximate surface area is 159 Å². The molecule has 2 N–H and O–H groups in total. The quantitative estimate of drug-likeness (QED) is 0.716. The normalized spacial score (nSPS) is 20.6. The van der Waals surface area contributed by atoms with Gasteiger partial charge in [-0.15, -0.1) is 0 Å². The fourth-order valence-electron chi connectivity index (χ4n) is 3.05. The molecule has 2 rings (SSSR count). The number of rotatable bonds is 7. The van der Waals surface area contributed by atoms with Crippen molar-refractivity contribution in [2.75, 3.05) is 26.8 Å². The summed E-state index contributed by atoms with van der Waals surface area (Å²) < 4.78 is 31.8. The van der Waals surface area contributed by atoms with E-state index in [0.29, 0.717) is 19.0 Å². The summed E-state index contributed by atoms with van der Waals surface area (Å²) in [4.78, 5) is 23.9. The first kappa shape index (κ1) is 21.3. The number of hydrogen-bond acceptors (Lipinski definition) is 5. The summed E-state index contributed by atoms with van der Waals surface area (Å²) >= 11 is 0. The fourth-order valence-corrected chi connectivity index (χ4v) is 4.65. The lowest BCUT2D eigenvalue weighted by Crippen LogP contribution is -2.55. The van der Waals surface area contributed by atoms with Gasteiger partial charge < -0.3 is 15.2 Å². The van der Waals surface area contributed by atoms with Gasteiger partial charge in [0.2, 0.25) is 10.0 Å². The van der Waals surface area contributed by atoms with Gasteiger partial charge in [-0.3, -0.25) is 4.79 Å². The Kier molecular flexibility index (Phi) is 6.61. The molecule has 1 amide bonds. The number of piperidine rings is 1. The lowest BCUT2D eigenvalue weighted by atomic mass is 10.0. The number of carbonyl (C=O) groups is 2. The highest BCUT2D eigenvalue weighted by molar-refractivity contribution is 7.89. The second-order valence-electron chi connectivity index (χ2n) is 7.16. The second-order valence-corrected chi connectivity index (χ2v) is 9.10. The van der Waals surface area contributed by atoms with E-state index in [2.05, 4.69) is 5.32 Å². The van der Waals surface area contributed by atoms with Crippen LogP contribution < -0.4 is 5.32 Å². The number of carboxylic acid groups (broad SMARTS) is 1. The van der Waals surface area contributed by atoms with Gasteiger partial charge in [0.1, 0.15) is 0 Å². The van der Waals surface area contributed by atoms with Gasteiger partial charge in [0.25, 0.3) is 5.91 Å². The van der Waals surface area contributed by atoms with Crippen molar-refractivity contribution in [3.05, 3.63) is 29.8 Å². The van der Waals surface area contributed by atoms with E-state index in [1.165, 1.54) is 42.6 Å². The molecular formula is C18H26N2O6S. The zero-order chi connectivity index (χ0) is 20.2. The molecule has 1 aromatic rings. The van der Waals surface area contributed by atoms with E-state index in [1.54, 1.807) is 0 Å². The van der Waals surface area contributed by atoms with Crippen LogP contribution in [0.3, 0.4) is 0 Å². The molecule has 1 aliphatic rings. The summed E-state index contributed by atoms with van der Waals surface area (Å²) in [5, 5.41) is 11.7. The summed E-state index contributed by atoms with van der Waals surface area (Å²) in [6, 6.07) is 5.51. The van der Waals surface area contributed by atoms with Crippen LogP contribution in [-0.2, 0) is 19.6 Å². The van der Waals surface area contributed by atoms with Gasteiger partial charge in [-0.05, 0) is 49.9 Å². The number of nitrogens with zero attached hydrogens (tertiary/aromatic N) is 1. The molecule has 0 saturated carbocycles. The minimum absolute atomic E-state index is 0.117. The summed E-state index contributed by atoms with van der Waals surface area (Å²) in [6.07, 6.45) is 1.84. The Balaban J connectivity index is 2.16. The molecule has 1 saturated heterocycles. The minimum Gasteiger partial charge on any atom is -0.479 e. The number of hydrogen-bond donors (Lipinski definition) is 2. The van der Waals surface area contributed by atoms with Gasteiger partial charge in [-0.1, -0.05) is 6.92 Å². The number of carboxylic acids is 1. The molecule has 0 aliphatic carbocycles. The second kappa shape index (κ2) is 8.37. The highest BCUT2D eigenvalue weighted by atomic mass is 32.2. The monoisotopic (exact) mass is 398 g/mol. The first-order chi connectivity index (χ1) is 12.6. The predicted molar refractivity (Wildman–Crippen MR) is 99.0 cm³/mol. The van der Waals surface area contributed by atoms with Crippen LogP contribution in [0.2, 0.25) is 0 Å². The third-order valence-corrected chi connectivity index (χ3v) is 6.55. The SMILES string of the molecule is COCC(C)(NC(=O)c1ccc(S(=O)(=O)N2CCCC(C)C2)cc1)C(=O)O. The molecule has 0 aromatic heterocycles. The van der Waals surface area contributed by atoms with Crippen molar-refractivity contribution in [2.45, 2.75) is 37.1 Å². The molecule has 150 valence electrons. The highest BCUT2D eigenvalue weighted by Gasteiger charge is 2.35. The summed E-state index contributed by atoms with van der Waals surface area (Å²) in [5.74, 6) is -1.53. The summed E-state index contributed by atoms with van der Waals surface area (Å²) in [6.45, 7) is 4.14. The molecule has 8 nitrogen and oxygen atoms in total. The number of ether oxygens (including phenoxy) is 1. The zero-order valence-corrected chi connectivity index (χ0v) is 16.6. The minimum atomic E-state index is -3.61. The number of carbonyl (C=O) groups excluding carboxylic acids is 1. The first-order valence-electron chi connectivity index (χ1n) is 8.75. The zero-order valence-electron chi connectivity index (χ0n) is 15.8. The molecule has 9 heteroatoms. The molecule has 0 spiro atoms. The Bertz CT molecular complexity index is 793. The number of sulfonamides is 1. The van der Waals surface area contributed by atoms with Crippen LogP contribution in [0.5, 0.6) is 0 Å². The van der Waals surface area contributed by atoms with Gasteiger partial charge in [0.15, 0.2) is 5.54 Å². The largest absolute Gasteiger partial charge is 0.479 e. The molecule has 0 bridgehead atoms. The molecule has 27 heavy (non-hydrogen) atoms. The lowest BCUT2D eigenvalue weighted by Gasteiger charge is -2.30. The van der Waals surface area contributed by atoms with Gasteiger partial charge in [-0.25, -0.2) is 13.2 Å². The van der Waals surface area contributed by atoms with Crippen LogP contribution in [0, 0.1) is 5.92 Å². The van der Waals surface area contributed by atoms with Crippen molar-refractivity contribution >= 4 is 21.9 Å². The molecule has 0 radical (unpaired) electrons. The molecule has 1 heterocycles. The first-order valence-corrected chi connectivity index (χ1v) is 10.2. The van der Waals surface area contributed by atoms with E-state index in [-0.39, 0.29) is 17.1 Å². The molecule has 2 unspecified atom stereocenters. The van der Waals surface area contributed by atoms with Crippen molar-refractivity contribution in [1.82, 2.24) is 9.62 Å². The van der Waals surface area contributed by atoms with Crippen molar-refractivity contribution in [3.63, 3.8) is 0 Å². The Morgan fingerprint density at radius 3 is 2.48 bits per heavy atom. The Morgan fingerprint density at radius 1 is 1.33 bits per heavy atom. The highest BCUT2D eigenvalue weighted by Crippen LogP contribution is 2.23. The van der Waals surface area contributed by atoms with Crippen molar-refractivity contribution in [3.8, 4) is 0 Å². The maximum atomic E-state index is 12.7. The van der Waals surface area contributed by atoms with Gasteiger partial charge in [0, 0.05) is 25.8 Å². The van der Waals surface area contributed by atoms with Gasteiger partial charge in [-0.2, -0.15) is 4.31 Å². The average molecular weight is 398 g/mol. The van der Waals surface area contributed by atoms with Gasteiger partial charge >= 0.3 is 5.97 Å². The molecule has 1 aromatic carbocycles. The summed E-state index contributed by atoms with van der Waals surface area (Å²) in [5.41, 5.74) is -1.41. The number of benzene rings is 1. The van der Waals surface area contributed by atoms with E-state index >= 15 is 0 Å². The average Bonchev–Trinajstić information content (AvgIpc) is 2.62. The number of aliphatic carboxylic acids is 1. The Morgan fingerprint density at radius 2 is 1.96 bits per heavy atom. The van der Waals surface area contributed by atoms with E-state index in [9.17, 15) is 23.1 Å². The maximum Gasteiger partial charge on any atom is 0.331 e. The number of nitrogens with one attached hydrogen (secondary N) is 1. The molecule has 1 fully saturated rings. The molecular weight excluding hydrogens is 372 g/mol. The Hall–Kier alpha value is -1.97. The van der Waals surface area contributed by atoms with Crippen LogP contribution in [0.1, 0.15) is 37.0 Å². The van der Waals surface area contributed by atoms with Crippen molar-refractivity contribution in [1.29, 1.82) is 0 Å². The smallest absolute Gasteiger partial charge is 0.331 e. The maximum absolute atomic E-state index is 12.7. The van der Waals surface area contributed by atoms with Gasteiger partial charge in [0.05, 0.1) is 11.5 Å². The van der Waals surface area contributed by atoms with Crippen molar-refractivity contribution < 1.29 is 27.9 Å². The third-order valence-electron chi connectivity index (χ3n) is 4.67. The fraction of sp³-hybridized carbons (Fsp3) is 0.556.